The Labute approximate surface area is 89.1 Å². The van der Waals surface area contributed by atoms with E-state index in [0.717, 1.165) is 12.0 Å². The van der Waals surface area contributed by atoms with E-state index in [1.165, 1.54) is 24.8 Å². The maximum Gasteiger partial charge on any atom is 0.214 e. The van der Waals surface area contributed by atoms with E-state index in [0.29, 0.717) is 5.82 Å². The molecule has 2 aromatic rings. The standard InChI is InChI=1S/C12H14N2O/c1-2-3-5-10-6-4-7-11(8-10)12-13-9-15-14-12/h4,6-9H,2-3,5H2,1H3. The molecule has 0 fully saturated rings. The van der Waals surface area contributed by atoms with E-state index in [1.807, 2.05) is 12.1 Å². The van der Waals surface area contributed by atoms with Gasteiger partial charge in [-0.3, -0.25) is 0 Å². The van der Waals surface area contributed by atoms with Crippen molar-refractivity contribution in [3.63, 3.8) is 0 Å². The second-order valence-electron chi connectivity index (χ2n) is 3.56. The van der Waals surface area contributed by atoms with E-state index < -0.39 is 0 Å². The highest BCUT2D eigenvalue weighted by Gasteiger charge is 2.03. The van der Waals surface area contributed by atoms with Crippen LogP contribution in [-0.4, -0.2) is 10.1 Å². The molecule has 0 atom stereocenters. The number of aryl methyl sites for hydroxylation is 1. The Morgan fingerprint density at radius 2 is 2.27 bits per heavy atom. The van der Waals surface area contributed by atoms with E-state index in [-0.39, 0.29) is 0 Å². The molecule has 78 valence electrons. The zero-order valence-corrected chi connectivity index (χ0v) is 8.81. The van der Waals surface area contributed by atoms with Crippen LogP contribution in [0.1, 0.15) is 25.3 Å². The third-order valence-corrected chi connectivity index (χ3v) is 2.37. The van der Waals surface area contributed by atoms with Crippen molar-refractivity contribution in [2.24, 2.45) is 0 Å². The molecule has 0 saturated carbocycles. The number of rotatable bonds is 4. The van der Waals surface area contributed by atoms with Crippen molar-refractivity contribution in [2.75, 3.05) is 0 Å². The van der Waals surface area contributed by atoms with E-state index in [1.54, 1.807) is 0 Å². The van der Waals surface area contributed by atoms with Crippen molar-refractivity contribution in [1.82, 2.24) is 10.1 Å². The second-order valence-corrected chi connectivity index (χ2v) is 3.56. The van der Waals surface area contributed by atoms with Crippen molar-refractivity contribution >= 4 is 0 Å². The molecule has 0 aliphatic heterocycles. The number of hydrogen-bond acceptors (Lipinski definition) is 3. The van der Waals surface area contributed by atoms with Crippen LogP contribution in [0.3, 0.4) is 0 Å². The van der Waals surface area contributed by atoms with E-state index in [4.69, 9.17) is 4.52 Å². The molecule has 0 aliphatic rings. The number of hydrogen-bond donors (Lipinski definition) is 0. The predicted molar refractivity (Wildman–Crippen MR) is 58.3 cm³/mol. The number of unbranched alkanes of at least 4 members (excludes halogenated alkanes) is 1. The van der Waals surface area contributed by atoms with Gasteiger partial charge in [0.1, 0.15) is 0 Å². The maximum absolute atomic E-state index is 4.73. The molecule has 3 nitrogen and oxygen atoms in total. The van der Waals surface area contributed by atoms with Crippen LogP contribution >= 0.6 is 0 Å². The van der Waals surface area contributed by atoms with Gasteiger partial charge in [-0.1, -0.05) is 36.7 Å². The molecular formula is C12H14N2O. The summed E-state index contributed by atoms with van der Waals surface area (Å²) in [6.07, 6.45) is 4.90. The van der Waals surface area contributed by atoms with Gasteiger partial charge in [0, 0.05) is 5.56 Å². The Balaban J connectivity index is 2.19. The number of nitrogens with zero attached hydrogens (tertiary/aromatic N) is 2. The minimum atomic E-state index is 0.661. The van der Waals surface area contributed by atoms with Gasteiger partial charge in [-0.2, -0.15) is 4.98 Å². The first kappa shape index (κ1) is 9.90. The largest absolute Gasteiger partial charge is 0.342 e. The number of benzene rings is 1. The highest BCUT2D eigenvalue weighted by Crippen LogP contribution is 2.17. The van der Waals surface area contributed by atoms with Gasteiger partial charge in [0.15, 0.2) is 0 Å². The summed E-state index contributed by atoms with van der Waals surface area (Å²) < 4.78 is 4.73. The first-order valence-electron chi connectivity index (χ1n) is 5.26. The quantitative estimate of drug-likeness (QED) is 0.764. The maximum atomic E-state index is 4.73. The van der Waals surface area contributed by atoms with Crippen LogP contribution in [0.25, 0.3) is 11.4 Å². The van der Waals surface area contributed by atoms with Crippen molar-refractivity contribution < 1.29 is 4.52 Å². The van der Waals surface area contributed by atoms with Crippen molar-refractivity contribution in [3.8, 4) is 11.4 Å². The monoisotopic (exact) mass is 202 g/mol. The Kier molecular flexibility index (Phi) is 3.12. The van der Waals surface area contributed by atoms with Crippen LogP contribution in [-0.2, 0) is 6.42 Å². The first-order valence-corrected chi connectivity index (χ1v) is 5.26. The summed E-state index contributed by atoms with van der Waals surface area (Å²) in [5.74, 6) is 0.661. The highest BCUT2D eigenvalue weighted by atomic mass is 16.5. The molecular weight excluding hydrogens is 188 g/mol. The highest BCUT2D eigenvalue weighted by molar-refractivity contribution is 5.54. The Morgan fingerprint density at radius 1 is 1.33 bits per heavy atom. The molecule has 0 aliphatic carbocycles. The van der Waals surface area contributed by atoms with Crippen LogP contribution < -0.4 is 0 Å². The fraction of sp³-hybridized carbons (Fsp3) is 0.333. The van der Waals surface area contributed by atoms with Crippen molar-refractivity contribution in [3.05, 3.63) is 36.2 Å². The van der Waals surface area contributed by atoms with Crippen LogP contribution in [0.15, 0.2) is 35.2 Å². The fourth-order valence-corrected chi connectivity index (χ4v) is 1.54. The fourth-order valence-electron chi connectivity index (χ4n) is 1.54. The molecule has 1 aromatic carbocycles. The smallest absolute Gasteiger partial charge is 0.214 e. The Bertz CT molecular complexity index is 409. The topological polar surface area (TPSA) is 38.9 Å². The summed E-state index contributed by atoms with van der Waals surface area (Å²) in [7, 11) is 0. The number of aromatic nitrogens is 2. The molecule has 0 amide bonds. The summed E-state index contributed by atoms with van der Waals surface area (Å²) in [6.45, 7) is 2.20. The minimum Gasteiger partial charge on any atom is -0.342 e. The SMILES string of the molecule is CCCCc1cccc(-c2ncon2)c1. The molecule has 0 spiro atoms. The lowest BCUT2D eigenvalue weighted by Crippen LogP contribution is -1.86. The molecule has 0 bridgehead atoms. The van der Waals surface area contributed by atoms with Gasteiger partial charge in [0.05, 0.1) is 0 Å². The molecule has 1 aromatic heterocycles. The van der Waals surface area contributed by atoms with E-state index in [2.05, 4.69) is 29.2 Å². The van der Waals surface area contributed by atoms with Crippen LogP contribution in [0, 0.1) is 0 Å². The van der Waals surface area contributed by atoms with Gasteiger partial charge in [0.2, 0.25) is 12.2 Å². The van der Waals surface area contributed by atoms with E-state index in [9.17, 15) is 0 Å². The molecule has 0 N–H and O–H groups in total. The van der Waals surface area contributed by atoms with Crippen molar-refractivity contribution in [2.45, 2.75) is 26.2 Å². The van der Waals surface area contributed by atoms with Crippen molar-refractivity contribution in [1.29, 1.82) is 0 Å². The van der Waals surface area contributed by atoms with Gasteiger partial charge in [0.25, 0.3) is 0 Å². The zero-order chi connectivity index (χ0) is 10.5. The Hall–Kier alpha value is -1.64. The van der Waals surface area contributed by atoms with E-state index >= 15 is 0 Å². The molecule has 1 heterocycles. The molecule has 2 rings (SSSR count). The molecule has 0 unspecified atom stereocenters. The summed E-state index contributed by atoms with van der Waals surface area (Å²) in [5.41, 5.74) is 2.36. The molecule has 0 saturated heterocycles. The molecule has 3 heteroatoms. The normalized spacial score (nSPS) is 10.5. The third kappa shape index (κ3) is 2.43. The van der Waals surface area contributed by atoms with Gasteiger partial charge in [-0.25, -0.2) is 0 Å². The lowest BCUT2D eigenvalue weighted by atomic mass is 10.1. The summed E-state index contributed by atoms with van der Waals surface area (Å²) in [4.78, 5) is 4.03. The van der Waals surface area contributed by atoms with Gasteiger partial charge in [-0.15, -0.1) is 0 Å². The second kappa shape index (κ2) is 4.73. The summed E-state index contributed by atoms with van der Waals surface area (Å²) >= 11 is 0. The van der Waals surface area contributed by atoms with Gasteiger partial charge < -0.3 is 4.52 Å². The summed E-state index contributed by atoms with van der Waals surface area (Å²) in [5, 5.41) is 3.82. The first-order chi connectivity index (χ1) is 7.40. The third-order valence-electron chi connectivity index (χ3n) is 2.37. The lowest BCUT2D eigenvalue weighted by molar-refractivity contribution is 0.419. The van der Waals surface area contributed by atoms with Gasteiger partial charge in [-0.05, 0) is 24.5 Å². The molecule has 15 heavy (non-hydrogen) atoms. The zero-order valence-electron chi connectivity index (χ0n) is 8.81. The predicted octanol–water partition coefficient (Wildman–Crippen LogP) is 3.08. The molecule has 0 radical (unpaired) electrons. The minimum absolute atomic E-state index is 0.661. The lowest BCUT2D eigenvalue weighted by Gasteiger charge is -2.01. The van der Waals surface area contributed by atoms with Gasteiger partial charge >= 0.3 is 0 Å². The van der Waals surface area contributed by atoms with Crippen LogP contribution in [0.5, 0.6) is 0 Å². The average Bonchev–Trinajstić information content (AvgIpc) is 2.80. The van der Waals surface area contributed by atoms with Crippen LogP contribution in [0.4, 0.5) is 0 Å². The average molecular weight is 202 g/mol. The Morgan fingerprint density at radius 3 is 3.00 bits per heavy atom. The summed E-state index contributed by atoms with van der Waals surface area (Å²) in [6, 6.07) is 8.30. The van der Waals surface area contributed by atoms with Crippen LogP contribution in [0.2, 0.25) is 0 Å².